The van der Waals surface area contributed by atoms with Crippen LogP contribution in [0.25, 0.3) is 0 Å². The summed E-state index contributed by atoms with van der Waals surface area (Å²) in [7, 11) is 0. The number of nitriles is 1. The zero-order valence-electron chi connectivity index (χ0n) is 13.6. The summed E-state index contributed by atoms with van der Waals surface area (Å²) < 4.78 is 0. The fraction of sp³-hybridized carbons (Fsp3) is 0.556. The molecular formula is C18H24N2OS. The first-order valence-corrected chi connectivity index (χ1v) is 8.81. The number of benzene rings is 1. The minimum absolute atomic E-state index is 0.0339. The Morgan fingerprint density at radius 2 is 2.00 bits per heavy atom. The highest BCUT2D eigenvalue weighted by Crippen LogP contribution is 2.30. The van der Waals surface area contributed by atoms with Crippen LogP contribution >= 0.6 is 11.8 Å². The number of aryl methyl sites for hydroxylation is 2. The molecule has 118 valence electrons. The van der Waals surface area contributed by atoms with Gasteiger partial charge in [0.15, 0.2) is 0 Å². The summed E-state index contributed by atoms with van der Waals surface area (Å²) in [5, 5.41) is 12.3. The summed E-state index contributed by atoms with van der Waals surface area (Å²) in [5.41, 5.74) is 1.77. The second-order valence-electron chi connectivity index (χ2n) is 6.27. The molecule has 1 N–H and O–H groups in total. The van der Waals surface area contributed by atoms with E-state index in [1.807, 2.05) is 6.92 Å². The Kier molecular flexibility index (Phi) is 5.52. The maximum absolute atomic E-state index is 12.5. The Bertz CT molecular complexity index is 585. The van der Waals surface area contributed by atoms with Crippen molar-refractivity contribution in [1.82, 2.24) is 5.32 Å². The lowest BCUT2D eigenvalue weighted by Crippen LogP contribution is -2.50. The second kappa shape index (κ2) is 7.19. The van der Waals surface area contributed by atoms with Gasteiger partial charge < -0.3 is 5.32 Å². The van der Waals surface area contributed by atoms with Gasteiger partial charge in [-0.15, -0.1) is 11.8 Å². The van der Waals surface area contributed by atoms with Crippen LogP contribution in [0.5, 0.6) is 0 Å². The molecule has 0 aromatic heterocycles. The van der Waals surface area contributed by atoms with Crippen LogP contribution in [0, 0.1) is 25.2 Å². The van der Waals surface area contributed by atoms with Gasteiger partial charge in [-0.3, -0.25) is 4.79 Å². The molecule has 0 radical (unpaired) electrons. The number of hydrogen-bond acceptors (Lipinski definition) is 3. The third-order valence-electron chi connectivity index (χ3n) is 4.29. The van der Waals surface area contributed by atoms with Crippen molar-refractivity contribution in [3.63, 3.8) is 0 Å². The molecule has 1 amide bonds. The normalized spacial score (nSPS) is 18.3. The van der Waals surface area contributed by atoms with Crippen LogP contribution in [0.1, 0.15) is 50.2 Å². The first kappa shape index (κ1) is 16.9. The fourth-order valence-corrected chi connectivity index (χ4v) is 3.87. The molecule has 1 saturated carbocycles. The van der Waals surface area contributed by atoms with Crippen molar-refractivity contribution >= 4 is 17.7 Å². The van der Waals surface area contributed by atoms with Gasteiger partial charge in [0.05, 0.1) is 11.3 Å². The molecule has 0 spiro atoms. The Balaban J connectivity index is 2.01. The van der Waals surface area contributed by atoms with Crippen LogP contribution < -0.4 is 5.32 Å². The molecule has 0 aliphatic heterocycles. The van der Waals surface area contributed by atoms with Gasteiger partial charge in [0, 0.05) is 4.90 Å². The van der Waals surface area contributed by atoms with Gasteiger partial charge in [-0.25, -0.2) is 0 Å². The van der Waals surface area contributed by atoms with Crippen molar-refractivity contribution < 1.29 is 4.79 Å². The summed E-state index contributed by atoms with van der Waals surface area (Å²) in [6, 6.07) is 8.61. The number of carbonyl (C=O) groups excluding carboxylic acids is 1. The smallest absolute Gasteiger partial charge is 0.234 e. The molecule has 22 heavy (non-hydrogen) atoms. The molecule has 1 atom stereocenters. The summed E-state index contributed by atoms with van der Waals surface area (Å²) in [4.78, 5) is 13.6. The average Bonchev–Trinajstić information content (AvgIpc) is 2.51. The van der Waals surface area contributed by atoms with Crippen molar-refractivity contribution in [2.75, 3.05) is 0 Å². The molecular weight excluding hydrogens is 292 g/mol. The van der Waals surface area contributed by atoms with E-state index < -0.39 is 5.54 Å². The number of amides is 1. The zero-order valence-corrected chi connectivity index (χ0v) is 14.4. The van der Waals surface area contributed by atoms with E-state index in [0.29, 0.717) is 0 Å². The average molecular weight is 316 g/mol. The first-order chi connectivity index (χ1) is 10.5. The number of hydrogen-bond donors (Lipinski definition) is 1. The standard InChI is InChI=1S/C18H24N2OS/c1-13-7-8-16(14(2)11-13)22-15(3)17(21)20-18(12-19)9-5-4-6-10-18/h7-8,11,15H,4-6,9-10H2,1-3H3,(H,20,21)/t15-/m0/s1. The van der Waals surface area contributed by atoms with Crippen molar-refractivity contribution in [1.29, 1.82) is 5.26 Å². The van der Waals surface area contributed by atoms with E-state index in [4.69, 9.17) is 0 Å². The number of rotatable bonds is 4. The number of nitrogens with one attached hydrogen (secondary N) is 1. The minimum atomic E-state index is -0.646. The summed E-state index contributed by atoms with van der Waals surface area (Å²) in [6.45, 7) is 6.04. The molecule has 1 aromatic carbocycles. The molecule has 1 aromatic rings. The zero-order chi connectivity index (χ0) is 16.2. The first-order valence-electron chi connectivity index (χ1n) is 7.93. The quantitative estimate of drug-likeness (QED) is 0.850. The second-order valence-corrected chi connectivity index (χ2v) is 7.66. The molecule has 0 bridgehead atoms. The van der Waals surface area contributed by atoms with Crippen molar-refractivity contribution in [3.05, 3.63) is 29.3 Å². The van der Waals surface area contributed by atoms with E-state index in [0.717, 1.165) is 37.0 Å². The van der Waals surface area contributed by atoms with Gasteiger partial charge in [-0.2, -0.15) is 5.26 Å². The van der Waals surface area contributed by atoms with Crippen molar-refractivity contribution in [3.8, 4) is 6.07 Å². The van der Waals surface area contributed by atoms with Gasteiger partial charge in [0.2, 0.25) is 5.91 Å². The molecule has 0 saturated heterocycles. The molecule has 4 heteroatoms. The van der Waals surface area contributed by atoms with E-state index in [1.54, 1.807) is 11.8 Å². The lowest BCUT2D eigenvalue weighted by molar-refractivity contribution is -0.121. The highest BCUT2D eigenvalue weighted by molar-refractivity contribution is 8.00. The van der Waals surface area contributed by atoms with Gasteiger partial charge in [0.25, 0.3) is 0 Å². The number of thioether (sulfide) groups is 1. The lowest BCUT2D eigenvalue weighted by Gasteiger charge is -2.32. The highest BCUT2D eigenvalue weighted by atomic mass is 32.2. The van der Waals surface area contributed by atoms with Crippen LogP contribution in [0.15, 0.2) is 23.1 Å². The van der Waals surface area contributed by atoms with E-state index in [-0.39, 0.29) is 11.2 Å². The van der Waals surface area contributed by atoms with E-state index in [9.17, 15) is 10.1 Å². The Labute approximate surface area is 137 Å². The Morgan fingerprint density at radius 3 is 2.59 bits per heavy atom. The molecule has 1 aliphatic rings. The van der Waals surface area contributed by atoms with Crippen LogP contribution in [0.3, 0.4) is 0 Å². The Hall–Kier alpha value is -1.47. The predicted molar refractivity (Wildman–Crippen MR) is 90.8 cm³/mol. The number of carbonyl (C=O) groups is 1. The van der Waals surface area contributed by atoms with E-state index >= 15 is 0 Å². The maximum Gasteiger partial charge on any atom is 0.234 e. The van der Waals surface area contributed by atoms with E-state index in [1.165, 1.54) is 11.1 Å². The molecule has 0 unspecified atom stereocenters. The monoisotopic (exact) mass is 316 g/mol. The molecule has 1 aliphatic carbocycles. The van der Waals surface area contributed by atoms with Crippen LogP contribution in [0.4, 0.5) is 0 Å². The maximum atomic E-state index is 12.5. The molecule has 2 rings (SSSR count). The largest absolute Gasteiger partial charge is 0.337 e. The summed E-state index contributed by atoms with van der Waals surface area (Å²) in [6.07, 6.45) is 4.75. The summed E-state index contributed by atoms with van der Waals surface area (Å²) in [5.74, 6) is -0.0339. The third kappa shape index (κ3) is 4.04. The predicted octanol–water partition coefficient (Wildman–Crippen LogP) is 4.13. The van der Waals surface area contributed by atoms with Crippen LogP contribution in [-0.4, -0.2) is 16.7 Å². The van der Waals surface area contributed by atoms with Crippen molar-refractivity contribution in [2.24, 2.45) is 0 Å². The molecule has 1 fully saturated rings. The number of nitrogens with zero attached hydrogens (tertiary/aromatic N) is 1. The van der Waals surface area contributed by atoms with Gasteiger partial charge in [-0.1, -0.05) is 37.0 Å². The third-order valence-corrected chi connectivity index (χ3v) is 5.57. The van der Waals surface area contributed by atoms with Gasteiger partial charge in [0.1, 0.15) is 5.54 Å². The topological polar surface area (TPSA) is 52.9 Å². The molecule has 3 nitrogen and oxygen atoms in total. The summed E-state index contributed by atoms with van der Waals surface area (Å²) >= 11 is 1.56. The van der Waals surface area contributed by atoms with Gasteiger partial charge in [-0.05, 0) is 45.2 Å². The lowest BCUT2D eigenvalue weighted by atomic mass is 9.83. The molecule has 0 heterocycles. The van der Waals surface area contributed by atoms with Crippen LogP contribution in [0.2, 0.25) is 0 Å². The fourth-order valence-electron chi connectivity index (χ4n) is 2.93. The minimum Gasteiger partial charge on any atom is -0.337 e. The highest BCUT2D eigenvalue weighted by Gasteiger charge is 2.34. The van der Waals surface area contributed by atoms with Crippen LogP contribution in [-0.2, 0) is 4.79 Å². The van der Waals surface area contributed by atoms with Crippen molar-refractivity contribution in [2.45, 2.75) is 68.6 Å². The Morgan fingerprint density at radius 1 is 1.32 bits per heavy atom. The van der Waals surface area contributed by atoms with Gasteiger partial charge >= 0.3 is 0 Å². The van der Waals surface area contributed by atoms with E-state index in [2.05, 4.69) is 43.4 Å². The SMILES string of the molecule is Cc1ccc(S[C@@H](C)C(=O)NC2(C#N)CCCCC2)c(C)c1.